The Bertz CT molecular complexity index is 813. The predicted molar refractivity (Wildman–Crippen MR) is 80.5 cm³/mol. The second-order valence-electron chi connectivity index (χ2n) is 5.74. The van der Waals surface area contributed by atoms with Gasteiger partial charge in [0, 0.05) is 12.3 Å². The summed E-state index contributed by atoms with van der Waals surface area (Å²) in [4.78, 5) is 16.2. The minimum absolute atomic E-state index is 0.456. The van der Waals surface area contributed by atoms with E-state index in [1.54, 1.807) is 31.4 Å². The molecule has 0 fully saturated rings. The molecule has 3 heterocycles. The third-order valence-electron chi connectivity index (χ3n) is 2.85. The van der Waals surface area contributed by atoms with Gasteiger partial charge in [-0.25, -0.2) is 14.3 Å². The van der Waals surface area contributed by atoms with E-state index in [2.05, 4.69) is 15.4 Å². The molecule has 0 aliphatic heterocycles. The zero-order valence-electron chi connectivity index (χ0n) is 12.5. The number of fused-ring (bicyclic) bond motifs is 1. The molecule has 0 unspecified atom stereocenters. The summed E-state index contributed by atoms with van der Waals surface area (Å²) in [5, 5.41) is 6.78. The van der Waals surface area contributed by atoms with Crippen LogP contribution in [0, 0.1) is 0 Å². The van der Waals surface area contributed by atoms with Crippen LogP contribution in [0.5, 0.6) is 0 Å². The summed E-state index contributed by atoms with van der Waals surface area (Å²) in [7, 11) is 0. The van der Waals surface area contributed by atoms with Crippen molar-refractivity contribution in [3.8, 4) is 11.5 Å². The molecule has 1 amide bonds. The summed E-state index contributed by atoms with van der Waals surface area (Å²) in [6, 6.07) is 5.38. The van der Waals surface area contributed by atoms with Crippen molar-refractivity contribution in [1.29, 1.82) is 0 Å². The van der Waals surface area contributed by atoms with Crippen molar-refractivity contribution in [2.45, 2.75) is 26.4 Å². The first-order valence-corrected chi connectivity index (χ1v) is 6.80. The van der Waals surface area contributed by atoms with Gasteiger partial charge in [-0.3, -0.25) is 5.32 Å². The highest BCUT2D eigenvalue weighted by molar-refractivity contribution is 5.91. The molecule has 3 aromatic heterocycles. The number of carbonyl (C=O) groups excluding carboxylic acids is 1. The van der Waals surface area contributed by atoms with Crippen molar-refractivity contribution in [1.82, 2.24) is 14.6 Å². The first-order chi connectivity index (χ1) is 10.4. The molecule has 0 saturated heterocycles. The predicted octanol–water partition coefficient (Wildman–Crippen LogP) is 3.34. The van der Waals surface area contributed by atoms with Gasteiger partial charge in [-0.15, -0.1) is 0 Å². The largest absolute Gasteiger partial charge is 0.460 e. The van der Waals surface area contributed by atoms with Gasteiger partial charge in [0.25, 0.3) is 0 Å². The second kappa shape index (κ2) is 5.18. The van der Waals surface area contributed by atoms with Crippen LogP contribution in [0.2, 0.25) is 0 Å². The molecule has 0 aliphatic carbocycles. The summed E-state index contributed by atoms with van der Waals surface area (Å²) in [5.41, 5.74) is 1.30. The Balaban J connectivity index is 1.93. The number of ether oxygens (including phenoxy) is 1. The second-order valence-corrected chi connectivity index (χ2v) is 5.74. The fourth-order valence-corrected chi connectivity index (χ4v) is 2.05. The standard InChI is InChI=1S/C15H16N4O3/c1-15(2,3)22-14(20)18-10-6-8-21-13(10)12-11-5-4-7-19(11)17-9-16-12/h4-9H,1-3H3,(H,18,20). The van der Waals surface area contributed by atoms with Crippen LogP contribution in [0.25, 0.3) is 17.0 Å². The summed E-state index contributed by atoms with van der Waals surface area (Å²) in [5.74, 6) is 0.456. The maximum absolute atomic E-state index is 11.9. The van der Waals surface area contributed by atoms with E-state index in [-0.39, 0.29) is 0 Å². The number of nitrogens with zero attached hydrogens (tertiary/aromatic N) is 3. The minimum atomic E-state index is -0.572. The number of carbonyl (C=O) groups is 1. The van der Waals surface area contributed by atoms with Crippen molar-refractivity contribution in [2.75, 3.05) is 5.32 Å². The van der Waals surface area contributed by atoms with Crippen LogP contribution < -0.4 is 5.32 Å². The molecular formula is C15H16N4O3. The van der Waals surface area contributed by atoms with E-state index in [9.17, 15) is 4.79 Å². The number of nitrogens with one attached hydrogen (secondary N) is 1. The first-order valence-electron chi connectivity index (χ1n) is 6.80. The number of amides is 1. The zero-order chi connectivity index (χ0) is 15.7. The van der Waals surface area contributed by atoms with E-state index in [1.807, 2.05) is 18.3 Å². The fourth-order valence-electron chi connectivity index (χ4n) is 2.05. The third-order valence-corrected chi connectivity index (χ3v) is 2.85. The molecule has 0 bridgehead atoms. The van der Waals surface area contributed by atoms with Gasteiger partial charge in [0.1, 0.15) is 17.6 Å². The van der Waals surface area contributed by atoms with Crippen molar-refractivity contribution < 1.29 is 13.9 Å². The lowest BCUT2D eigenvalue weighted by Crippen LogP contribution is -2.27. The van der Waals surface area contributed by atoms with E-state index in [1.165, 1.54) is 12.6 Å². The molecule has 3 rings (SSSR count). The summed E-state index contributed by atoms with van der Waals surface area (Å²) >= 11 is 0. The normalized spacial score (nSPS) is 11.6. The number of hydrogen-bond acceptors (Lipinski definition) is 5. The van der Waals surface area contributed by atoms with Crippen LogP contribution in [0.3, 0.4) is 0 Å². The zero-order valence-corrected chi connectivity index (χ0v) is 12.5. The fraction of sp³-hybridized carbons (Fsp3) is 0.267. The Morgan fingerprint density at radius 3 is 2.95 bits per heavy atom. The van der Waals surface area contributed by atoms with E-state index >= 15 is 0 Å². The average molecular weight is 300 g/mol. The highest BCUT2D eigenvalue weighted by Crippen LogP contribution is 2.30. The first kappa shape index (κ1) is 14.1. The summed E-state index contributed by atoms with van der Waals surface area (Å²) < 4.78 is 12.4. The average Bonchev–Trinajstić information content (AvgIpc) is 3.04. The molecule has 0 radical (unpaired) electrons. The Labute approximate surface area is 126 Å². The van der Waals surface area contributed by atoms with Crippen molar-refractivity contribution in [2.24, 2.45) is 0 Å². The molecule has 7 heteroatoms. The third kappa shape index (κ3) is 2.78. The lowest BCUT2D eigenvalue weighted by atomic mass is 10.2. The molecule has 7 nitrogen and oxygen atoms in total. The van der Waals surface area contributed by atoms with Crippen LogP contribution in [0.4, 0.5) is 10.5 Å². The summed E-state index contributed by atoms with van der Waals surface area (Å²) in [6.45, 7) is 5.41. The molecular weight excluding hydrogens is 284 g/mol. The Hall–Kier alpha value is -2.83. The maximum atomic E-state index is 11.9. The van der Waals surface area contributed by atoms with Crippen LogP contribution in [0.1, 0.15) is 20.8 Å². The molecule has 0 aliphatic rings. The Morgan fingerprint density at radius 1 is 1.36 bits per heavy atom. The van der Waals surface area contributed by atoms with Crippen molar-refractivity contribution in [3.63, 3.8) is 0 Å². The van der Waals surface area contributed by atoms with E-state index in [0.717, 1.165) is 5.52 Å². The smallest absolute Gasteiger partial charge is 0.412 e. The number of rotatable bonds is 2. The van der Waals surface area contributed by atoms with Gasteiger partial charge in [0.2, 0.25) is 0 Å². The van der Waals surface area contributed by atoms with Crippen molar-refractivity contribution >= 4 is 17.3 Å². The Kier molecular flexibility index (Phi) is 3.32. The van der Waals surface area contributed by atoms with Gasteiger partial charge in [0.05, 0.1) is 17.5 Å². The van der Waals surface area contributed by atoms with Gasteiger partial charge in [0.15, 0.2) is 5.76 Å². The molecule has 22 heavy (non-hydrogen) atoms. The Morgan fingerprint density at radius 2 is 2.18 bits per heavy atom. The SMILES string of the molecule is CC(C)(C)OC(=O)Nc1ccoc1-c1ncnn2cccc12. The summed E-state index contributed by atoms with van der Waals surface area (Å²) in [6.07, 6.45) is 4.19. The number of aromatic nitrogens is 3. The van der Waals surface area contributed by atoms with Crippen LogP contribution in [-0.2, 0) is 4.74 Å². The molecule has 0 spiro atoms. The molecule has 0 saturated carbocycles. The van der Waals surface area contributed by atoms with Gasteiger partial charge in [-0.05, 0) is 32.9 Å². The lowest BCUT2D eigenvalue weighted by Gasteiger charge is -2.19. The molecule has 3 aromatic rings. The van der Waals surface area contributed by atoms with Gasteiger partial charge in [-0.1, -0.05) is 0 Å². The molecule has 0 aromatic carbocycles. The number of anilines is 1. The van der Waals surface area contributed by atoms with Crippen LogP contribution in [0.15, 0.2) is 41.4 Å². The van der Waals surface area contributed by atoms with E-state index in [0.29, 0.717) is 17.1 Å². The van der Waals surface area contributed by atoms with Gasteiger partial charge in [-0.2, -0.15) is 5.10 Å². The van der Waals surface area contributed by atoms with E-state index in [4.69, 9.17) is 9.15 Å². The quantitative estimate of drug-likeness (QED) is 0.785. The topological polar surface area (TPSA) is 81.7 Å². The minimum Gasteiger partial charge on any atom is -0.460 e. The number of hydrogen-bond donors (Lipinski definition) is 1. The maximum Gasteiger partial charge on any atom is 0.412 e. The highest BCUT2D eigenvalue weighted by atomic mass is 16.6. The number of furan rings is 1. The van der Waals surface area contributed by atoms with Gasteiger partial charge >= 0.3 is 6.09 Å². The van der Waals surface area contributed by atoms with Gasteiger partial charge < -0.3 is 9.15 Å². The van der Waals surface area contributed by atoms with E-state index < -0.39 is 11.7 Å². The highest BCUT2D eigenvalue weighted by Gasteiger charge is 2.20. The van der Waals surface area contributed by atoms with Crippen LogP contribution in [-0.4, -0.2) is 26.3 Å². The molecule has 0 atom stereocenters. The molecule has 114 valence electrons. The monoisotopic (exact) mass is 300 g/mol. The van der Waals surface area contributed by atoms with Crippen LogP contribution >= 0.6 is 0 Å². The molecule has 1 N–H and O–H groups in total. The van der Waals surface area contributed by atoms with Crippen molar-refractivity contribution in [3.05, 3.63) is 37.0 Å². The lowest BCUT2D eigenvalue weighted by molar-refractivity contribution is 0.0636.